The molecule has 0 spiro atoms. The average molecular weight is 330 g/mol. The summed E-state index contributed by atoms with van der Waals surface area (Å²) in [6.45, 7) is 2.38. The molecule has 2 amide bonds. The fraction of sp³-hybridized carbons (Fsp3) is 0.462. The summed E-state index contributed by atoms with van der Waals surface area (Å²) in [5.74, 6) is 0.790. The van der Waals surface area contributed by atoms with E-state index in [2.05, 4.69) is 26.6 Å². The lowest BCUT2D eigenvalue weighted by atomic mass is 10.3. The fourth-order valence-corrected chi connectivity index (χ4v) is 1.58. The van der Waals surface area contributed by atoms with E-state index in [0.717, 1.165) is 16.8 Å². The van der Waals surface area contributed by atoms with Gasteiger partial charge in [0, 0.05) is 17.6 Å². The number of amides is 2. The van der Waals surface area contributed by atoms with Gasteiger partial charge >= 0.3 is 6.03 Å². The minimum absolute atomic E-state index is 0.166. The van der Waals surface area contributed by atoms with Crippen molar-refractivity contribution in [1.82, 2.24) is 15.5 Å². The normalized spacial score (nSPS) is 10.3. The molecular weight excluding hydrogens is 310 g/mol. The predicted molar refractivity (Wildman–Crippen MR) is 79.6 cm³/mol. The maximum atomic E-state index is 11.4. The van der Waals surface area contributed by atoms with Crippen LogP contribution in [0.15, 0.2) is 28.7 Å². The second-order valence-electron chi connectivity index (χ2n) is 4.29. The smallest absolute Gasteiger partial charge is 0.314 e. The zero-order valence-corrected chi connectivity index (χ0v) is 12.9. The number of carbonyl (C=O) groups is 1. The molecule has 1 aromatic carbocycles. The molecule has 0 radical (unpaired) electrons. The van der Waals surface area contributed by atoms with E-state index in [9.17, 15) is 4.79 Å². The van der Waals surface area contributed by atoms with Crippen molar-refractivity contribution in [3.8, 4) is 5.75 Å². The lowest BCUT2D eigenvalue weighted by molar-refractivity contribution is 0.235. The first-order valence-electron chi connectivity index (χ1n) is 6.13. The topological polar surface area (TPSA) is 53.6 Å². The maximum absolute atomic E-state index is 11.4. The highest BCUT2D eigenvalue weighted by atomic mass is 79.9. The standard InChI is InChI=1S/C13H20BrN3O2/c1-17(2)9-7-15-13(18)16-8-10-19-12-5-3-11(14)4-6-12/h3-6H,7-10H2,1-2H3,(H2,15,16,18). The number of nitrogens with zero attached hydrogens (tertiary/aromatic N) is 1. The Balaban J connectivity index is 2.07. The van der Waals surface area contributed by atoms with E-state index >= 15 is 0 Å². The van der Waals surface area contributed by atoms with Gasteiger partial charge in [0.15, 0.2) is 0 Å². The van der Waals surface area contributed by atoms with Crippen molar-refractivity contribution in [2.45, 2.75) is 0 Å². The SMILES string of the molecule is CN(C)CCNC(=O)NCCOc1ccc(Br)cc1. The Kier molecular flexibility index (Phi) is 7.28. The Morgan fingerprint density at radius 1 is 1.21 bits per heavy atom. The largest absolute Gasteiger partial charge is 0.492 e. The molecule has 6 heteroatoms. The van der Waals surface area contributed by atoms with Crippen molar-refractivity contribution < 1.29 is 9.53 Å². The number of urea groups is 1. The van der Waals surface area contributed by atoms with Gasteiger partial charge in [-0.1, -0.05) is 15.9 Å². The Labute approximate surface area is 122 Å². The maximum Gasteiger partial charge on any atom is 0.314 e. The number of halogens is 1. The van der Waals surface area contributed by atoms with Crippen LogP contribution in [0.3, 0.4) is 0 Å². The van der Waals surface area contributed by atoms with Gasteiger partial charge in [0.05, 0.1) is 6.54 Å². The molecule has 2 N–H and O–H groups in total. The fourth-order valence-electron chi connectivity index (χ4n) is 1.32. The van der Waals surface area contributed by atoms with Gasteiger partial charge in [-0.3, -0.25) is 0 Å². The van der Waals surface area contributed by atoms with Crippen molar-refractivity contribution in [1.29, 1.82) is 0 Å². The third-order valence-electron chi connectivity index (χ3n) is 2.31. The molecule has 0 saturated carbocycles. The first-order chi connectivity index (χ1) is 9.08. The molecule has 0 saturated heterocycles. The molecule has 0 aliphatic carbocycles. The van der Waals surface area contributed by atoms with Crippen LogP contribution in [-0.2, 0) is 0 Å². The van der Waals surface area contributed by atoms with Gasteiger partial charge in [-0.25, -0.2) is 4.79 Å². The number of likely N-dealkylation sites (N-methyl/N-ethyl adjacent to an activating group) is 1. The Morgan fingerprint density at radius 2 is 1.84 bits per heavy atom. The zero-order valence-electron chi connectivity index (χ0n) is 11.3. The summed E-state index contributed by atoms with van der Waals surface area (Å²) in [5, 5.41) is 5.50. The van der Waals surface area contributed by atoms with E-state index in [1.165, 1.54) is 0 Å². The van der Waals surface area contributed by atoms with Crippen molar-refractivity contribution in [3.05, 3.63) is 28.7 Å². The zero-order chi connectivity index (χ0) is 14.1. The van der Waals surface area contributed by atoms with Crippen LogP contribution in [-0.4, -0.2) is 51.3 Å². The lowest BCUT2D eigenvalue weighted by Crippen LogP contribution is -2.40. The molecule has 19 heavy (non-hydrogen) atoms. The second kappa shape index (κ2) is 8.77. The molecule has 0 bridgehead atoms. The molecule has 0 aliphatic rings. The summed E-state index contributed by atoms with van der Waals surface area (Å²) in [5.41, 5.74) is 0. The monoisotopic (exact) mass is 329 g/mol. The molecule has 5 nitrogen and oxygen atoms in total. The van der Waals surface area contributed by atoms with E-state index in [-0.39, 0.29) is 6.03 Å². The van der Waals surface area contributed by atoms with E-state index in [1.807, 2.05) is 43.3 Å². The van der Waals surface area contributed by atoms with Crippen LogP contribution in [0.4, 0.5) is 4.79 Å². The molecular formula is C13H20BrN3O2. The number of carbonyl (C=O) groups excluding carboxylic acids is 1. The summed E-state index contributed by atoms with van der Waals surface area (Å²) in [6, 6.07) is 7.41. The van der Waals surface area contributed by atoms with Gasteiger partial charge in [0.2, 0.25) is 0 Å². The lowest BCUT2D eigenvalue weighted by Gasteiger charge is -2.11. The highest BCUT2D eigenvalue weighted by molar-refractivity contribution is 9.10. The molecule has 0 aromatic heterocycles. The predicted octanol–water partition coefficient (Wildman–Crippen LogP) is 1.69. The number of hydrogen-bond acceptors (Lipinski definition) is 3. The van der Waals surface area contributed by atoms with Gasteiger partial charge in [0.1, 0.15) is 12.4 Å². The Hall–Kier alpha value is -1.27. The van der Waals surface area contributed by atoms with Gasteiger partial charge in [-0.2, -0.15) is 0 Å². The van der Waals surface area contributed by atoms with Crippen LogP contribution >= 0.6 is 15.9 Å². The number of hydrogen-bond donors (Lipinski definition) is 2. The van der Waals surface area contributed by atoms with Crippen molar-refractivity contribution in [2.24, 2.45) is 0 Å². The van der Waals surface area contributed by atoms with Gasteiger partial charge < -0.3 is 20.3 Å². The summed E-state index contributed by atoms with van der Waals surface area (Å²) in [4.78, 5) is 13.4. The summed E-state index contributed by atoms with van der Waals surface area (Å²) >= 11 is 3.36. The minimum Gasteiger partial charge on any atom is -0.492 e. The molecule has 0 atom stereocenters. The third kappa shape index (κ3) is 7.69. The van der Waals surface area contributed by atoms with Crippen LogP contribution in [0.25, 0.3) is 0 Å². The third-order valence-corrected chi connectivity index (χ3v) is 2.84. The molecule has 1 aromatic rings. The molecule has 0 heterocycles. The minimum atomic E-state index is -0.166. The summed E-state index contributed by atoms with van der Waals surface area (Å²) in [7, 11) is 3.93. The molecule has 106 valence electrons. The molecule has 0 aliphatic heterocycles. The second-order valence-corrected chi connectivity index (χ2v) is 5.20. The molecule has 1 rings (SSSR count). The molecule has 0 unspecified atom stereocenters. The van der Waals surface area contributed by atoms with Gasteiger partial charge in [-0.05, 0) is 38.4 Å². The summed E-state index contributed by atoms with van der Waals surface area (Å²) < 4.78 is 6.49. The highest BCUT2D eigenvalue weighted by Gasteiger charge is 1.99. The van der Waals surface area contributed by atoms with Gasteiger partial charge in [0.25, 0.3) is 0 Å². The van der Waals surface area contributed by atoms with Crippen LogP contribution in [0.5, 0.6) is 5.75 Å². The van der Waals surface area contributed by atoms with E-state index in [0.29, 0.717) is 19.7 Å². The van der Waals surface area contributed by atoms with Crippen molar-refractivity contribution in [2.75, 3.05) is 40.3 Å². The highest BCUT2D eigenvalue weighted by Crippen LogP contribution is 2.15. The van der Waals surface area contributed by atoms with Crippen molar-refractivity contribution >= 4 is 22.0 Å². The van der Waals surface area contributed by atoms with Crippen LogP contribution < -0.4 is 15.4 Å². The van der Waals surface area contributed by atoms with E-state index in [1.54, 1.807) is 0 Å². The van der Waals surface area contributed by atoms with Crippen LogP contribution in [0.2, 0.25) is 0 Å². The number of benzene rings is 1. The molecule has 0 fully saturated rings. The number of nitrogens with one attached hydrogen (secondary N) is 2. The Bertz CT molecular complexity index is 382. The van der Waals surface area contributed by atoms with Crippen LogP contribution in [0.1, 0.15) is 0 Å². The van der Waals surface area contributed by atoms with Crippen LogP contribution in [0, 0.1) is 0 Å². The van der Waals surface area contributed by atoms with E-state index < -0.39 is 0 Å². The average Bonchev–Trinajstić information content (AvgIpc) is 2.36. The quantitative estimate of drug-likeness (QED) is 0.748. The summed E-state index contributed by atoms with van der Waals surface area (Å²) in [6.07, 6.45) is 0. The van der Waals surface area contributed by atoms with Gasteiger partial charge in [-0.15, -0.1) is 0 Å². The number of rotatable bonds is 7. The van der Waals surface area contributed by atoms with Crippen molar-refractivity contribution in [3.63, 3.8) is 0 Å². The first kappa shape index (κ1) is 15.8. The first-order valence-corrected chi connectivity index (χ1v) is 6.92. The van der Waals surface area contributed by atoms with E-state index in [4.69, 9.17) is 4.74 Å². The Morgan fingerprint density at radius 3 is 2.47 bits per heavy atom. The number of ether oxygens (including phenoxy) is 1.